The van der Waals surface area contributed by atoms with Crippen LogP contribution in [0.2, 0.25) is 0 Å². The van der Waals surface area contributed by atoms with Crippen LogP contribution in [0.5, 0.6) is 0 Å². The molecule has 0 unspecified atom stereocenters. The first-order chi connectivity index (χ1) is 13.0. The lowest BCUT2D eigenvalue weighted by molar-refractivity contribution is -0.159. The maximum atomic E-state index is 12.4. The van der Waals surface area contributed by atoms with Gasteiger partial charge < -0.3 is 29.5 Å². The van der Waals surface area contributed by atoms with E-state index in [9.17, 15) is 24.9 Å². The van der Waals surface area contributed by atoms with E-state index in [1.165, 1.54) is 0 Å². The molecule has 156 valence electrons. The summed E-state index contributed by atoms with van der Waals surface area (Å²) in [5.74, 6) is -1.88. The fraction of sp³-hybridized carbons (Fsp3) is 0.700. The van der Waals surface area contributed by atoms with Gasteiger partial charge in [0.2, 0.25) is 0 Å². The Bertz CT molecular complexity index is 715. The Hall–Kier alpha value is -1.74. The summed E-state index contributed by atoms with van der Waals surface area (Å²) in [7, 11) is 0. The molecule has 0 aromatic heterocycles. The van der Waals surface area contributed by atoms with Crippen LogP contribution in [0.3, 0.4) is 0 Å². The fourth-order valence-electron chi connectivity index (χ4n) is 4.11. The van der Waals surface area contributed by atoms with Gasteiger partial charge in [-0.25, -0.2) is 9.59 Å². The average molecular weight is 396 g/mol. The number of carbonyl (C=O) groups excluding carboxylic acids is 2. The Morgan fingerprint density at radius 1 is 1.43 bits per heavy atom. The van der Waals surface area contributed by atoms with E-state index in [0.29, 0.717) is 12.0 Å². The van der Waals surface area contributed by atoms with Gasteiger partial charge in [-0.1, -0.05) is 12.7 Å². The molecule has 0 spiro atoms. The van der Waals surface area contributed by atoms with Crippen molar-refractivity contribution in [2.45, 2.75) is 75.7 Å². The third kappa shape index (κ3) is 3.61. The second kappa shape index (κ2) is 7.26. The quantitative estimate of drug-likeness (QED) is 0.355. The molecule has 3 rings (SSSR count). The highest BCUT2D eigenvalue weighted by Crippen LogP contribution is 2.49. The smallest absolute Gasteiger partial charge is 0.334 e. The van der Waals surface area contributed by atoms with Crippen molar-refractivity contribution >= 4 is 11.9 Å². The van der Waals surface area contributed by atoms with Gasteiger partial charge >= 0.3 is 11.9 Å². The highest BCUT2D eigenvalue weighted by atomic mass is 16.6. The van der Waals surface area contributed by atoms with E-state index in [1.54, 1.807) is 19.9 Å². The number of fused-ring (bicyclic) bond motifs is 2. The van der Waals surface area contributed by atoms with E-state index in [2.05, 4.69) is 6.58 Å². The number of ether oxygens (including phenoxy) is 3. The number of rotatable bonds is 3. The van der Waals surface area contributed by atoms with Crippen molar-refractivity contribution in [3.63, 3.8) is 0 Å². The zero-order chi connectivity index (χ0) is 20.9. The molecular formula is C20H28O8. The summed E-state index contributed by atoms with van der Waals surface area (Å²) in [5.41, 5.74) is -2.02. The van der Waals surface area contributed by atoms with Gasteiger partial charge in [-0.3, -0.25) is 0 Å². The molecule has 0 aromatic rings. The van der Waals surface area contributed by atoms with Crippen molar-refractivity contribution in [1.29, 1.82) is 0 Å². The molecule has 0 bridgehead atoms. The second-order valence-electron chi connectivity index (χ2n) is 8.25. The standard InChI is InChI=1S/C20H28O8/c1-5-10(2)17(23)26-12-7-19(4)15(28-19)6-14(22)20(25,9-21)8-13-16(12)11(3)18(24)27-13/h5,12-16,21-22,25H,3,6-9H2,1-2,4H3/b10-5-/t12-,13-,14+,15-,16-,19+,20-/m1/s1. The van der Waals surface area contributed by atoms with Crippen LogP contribution in [0.15, 0.2) is 23.8 Å². The zero-order valence-corrected chi connectivity index (χ0v) is 16.4. The first-order valence-corrected chi connectivity index (χ1v) is 9.47. The van der Waals surface area contributed by atoms with E-state index in [4.69, 9.17) is 14.2 Å². The van der Waals surface area contributed by atoms with Gasteiger partial charge in [0, 0.05) is 30.4 Å². The molecule has 2 heterocycles. The van der Waals surface area contributed by atoms with Crippen molar-refractivity contribution in [2.24, 2.45) is 5.92 Å². The second-order valence-corrected chi connectivity index (χ2v) is 8.25. The summed E-state index contributed by atoms with van der Waals surface area (Å²) < 4.78 is 16.8. The van der Waals surface area contributed by atoms with Crippen molar-refractivity contribution in [2.75, 3.05) is 6.61 Å². The first-order valence-electron chi connectivity index (χ1n) is 9.47. The van der Waals surface area contributed by atoms with Crippen LogP contribution in [-0.2, 0) is 23.8 Å². The number of allylic oxidation sites excluding steroid dienone is 1. The highest BCUT2D eigenvalue weighted by molar-refractivity contribution is 5.91. The molecular weight excluding hydrogens is 368 g/mol. The van der Waals surface area contributed by atoms with Crippen LogP contribution in [0.4, 0.5) is 0 Å². The minimum atomic E-state index is -1.88. The van der Waals surface area contributed by atoms with Crippen molar-refractivity contribution < 1.29 is 39.1 Å². The van der Waals surface area contributed by atoms with Gasteiger partial charge in [0.1, 0.15) is 17.8 Å². The lowest BCUT2D eigenvalue weighted by Gasteiger charge is -2.37. The Balaban J connectivity index is 1.98. The van der Waals surface area contributed by atoms with Gasteiger partial charge in [-0.2, -0.15) is 0 Å². The topological polar surface area (TPSA) is 126 Å². The zero-order valence-electron chi connectivity index (χ0n) is 16.4. The molecule has 1 saturated carbocycles. The van der Waals surface area contributed by atoms with E-state index in [0.717, 1.165) is 0 Å². The molecule has 2 aliphatic heterocycles. The number of aliphatic hydroxyl groups excluding tert-OH is 2. The number of hydrogen-bond acceptors (Lipinski definition) is 8. The predicted molar refractivity (Wildman–Crippen MR) is 97.0 cm³/mol. The molecule has 0 aromatic carbocycles. The third-order valence-electron chi connectivity index (χ3n) is 6.27. The molecule has 0 radical (unpaired) electrons. The van der Waals surface area contributed by atoms with Crippen molar-refractivity contribution in [3.05, 3.63) is 23.8 Å². The minimum Gasteiger partial charge on any atom is -0.458 e. The SMILES string of the molecule is C=C1C(=O)O[C@@H]2C[C@@](O)(CO)[C@@H](O)C[C@H]3O[C@@]3(C)C[C@@H](OC(=O)/C(C)=C\C)[C@@H]12. The third-order valence-corrected chi connectivity index (χ3v) is 6.27. The first kappa shape index (κ1) is 21.0. The van der Waals surface area contributed by atoms with Gasteiger partial charge in [0.05, 0.1) is 30.3 Å². The van der Waals surface area contributed by atoms with E-state index in [1.807, 2.05) is 6.92 Å². The van der Waals surface area contributed by atoms with Crippen LogP contribution in [0.1, 0.15) is 40.0 Å². The average Bonchev–Trinajstić information content (AvgIpc) is 3.18. The van der Waals surface area contributed by atoms with E-state index in [-0.39, 0.29) is 24.5 Å². The van der Waals surface area contributed by atoms with Crippen LogP contribution >= 0.6 is 0 Å². The lowest BCUT2D eigenvalue weighted by Crippen LogP contribution is -2.51. The fourth-order valence-corrected chi connectivity index (χ4v) is 4.11. The molecule has 7 atom stereocenters. The number of carbonyl (C=O) groups is 2. The molecule has 2 saturated heterocycles. The molecule has 8 heteroatoms. The maximum Gasteiger partial charge on any atom is 0.334 e. The predicted octanol–water partition coefficient (Wildman–Crippen LogP) is 0.388. The minimum absolute atomic E-state index is 0.106. The van der Waals surface area contributed by atoms with Gasteiger partial charge in [-0.15, -0.1) is 0 Å². The van der Waals surface area contributed by atoms with Crippen LogP contribution in [0.25, 0.3) is 0 Å². The number of epoxide rings is 1. The molecule has 3 aliphatic rings. The summed E-state index contributed by atoms with van der Waals surface area (Å²) in [6.07, 6.45) is -1.47. The normalized spacial score (nSPS) is 43.6. The van der Waals surface area contributed by atoms with E-state index < -0.39 is 54.0 Å². The Labute approximate surface area is 163 Å². The Kier molecular flexibility index (Phi) is 5.44. The van der Waals surface area contributed by atoms with Crippen molar-refractivity contribution in [1.82, 2.24) is 0 Å². The molecule has 8 nitrogen and oxygen atoms in total. The van der Waals surface area contributed by atoms with Crippen LogP contribution in [-0.4, -0.2) is 69.5 Å². The van der Waals surface area contributed by atoms with Gasteiger partial charge in [-0.05, 0) is 20.8 Å². The summed E-state index contributed by atoms with van der Waals surface area (Å²) in [6.45, 7) is 8.25. The molecule has 28 heavy (non-hydrogen) atoms. The summed E-state index contributed by atoms with van der Waals surface area (Å²) >= 11 is 0. The summed E-state index contributed by atoms with van der Waals surface area (Å²) in [4.78, 5) is 24.6. The number of hydrogen-bond donors (Lipinski definition) is 3. The largest absolute Gasteiger partial charge is 0.458 e. The van der Waals surface area contributed by atoms with E-state index >= 15 is 0 Å². The molecule has 3 N–H and O–H groups in total. The van der Waals surface area contributed by atoms with Crippen LogP contribution in [0, 0.1) is 5.92 Å². The van der Waals surface area contributed by atoms with Gasteiger partial charge in [0.25, 0.3) is 0 Å². The molecule has 3 fully saturated rings. The lowest BCUT2D eigenvalue weighted by atomic mass is 9.76. The summed E-state index contributed by atoms with van der Waals surface area (Å²) in [6, 6.07) is 0. The monoisotopic (exact) mass is 396 g/mol. The molecule has 0 amide bonds. The number of esters is 2. The maximum absolute atomic E-state index is 12.4. The van der Waals surface area contributed by atoms with Crippen molar-refractivity contribution in [3.8, 4) is 0 Å². The molecule has 1 aliphatic carbocycles. The van der Waals surface area contributed by atoms with Gasteiger partial charge in [0.15, 0.2) is 0 Å². The van der Waals surface area contributed by atoms with Crippen LogP contribution < -0.4 is 0 Å². The Morgan fingerprint density at radius 3 is 2.71 bits per heavy atom. The highest BCUT2D eigenvalue weighted by Gasteiger charge is 2.60. The Morgan fingerprint density at radius 2 is 2.11 bits per heavy atom. The summed E-state index contributed by atoms with van der Waals surface area (Å²) in [5, 5.41) is 31.0. The number of aliphatic hydroxyl groups is 3.